The van der Waals surface area contributed by atoms with E-state index in [4.69, 9.17) is 9.84 Å². The zero-order chi connectivity index (χ0) is 20.8. The fourth-order valence-corrected chi connectivity index (χ4v) is 3.36. The minimum atomic E-state index is -0.0965. The SMILES string of the molecule is CCCc1nn(-c2ccc(OC)cc2)c(C(C)C)c1C(=O)NCc1cccnc1. The first kappa shape index (κ1) is 20.6. The summed E-state index contributed by atoms with van der Waals surface area (Å²) in [5.41, 5.74) is 4.31. The smallest absolute Gasteiger partial charge is 0.255 e. The van der Waals surface area contributed by atoms with Gasteiger partial charge in [0.05, 0.1) is 29.7 Å². The third-order valence-electron chi connectivity index (χ3n) is 4.75. The monoisotopic (exact) mass is 392 g/mol. The third-order valence-corrected chi connectivity index (χ3v) is 4.75. The molecule has 2 aromatic heterocycles. The van der Waals surface area contributed by atoms with E-state index in [2.05, 4.69) is 31.1 Å². The number of pyridine rings is 1. The number of nitrogens with one attached hydrogen (secondary N) is 1. The van der Waals surface area contributed by atoms with Gasteiger partial charge in [0.2, 0.25) is 0 Å². The molecule has 0 aliphatic carbocycles. The van der Waals surface area contributed by atoms with Gasteiger partial charge in [-0.2, -0.15) is 5.10 Å². The van der Waals surface area contributed by atoms with Crippen molar-refractivity contribution in [3.8, 4) is 11.4 Å². The van der Waals surface area contributed by atoms with Crippen LogP contribution in [0.1, 0.15) is 60.4 Å². The van der Waals surface area contributed by atoms with Gasteiger partial charge in [0.15, 0.2) is 0 Å². The first-order chi connectivity index (χ1) is 14.0. The van der Waals surface area contributed by atoms with Crippen LogP contribution < -0.4 is 10.1 Å². The van der Waals surface area contributed by atoms with E-state index in [1.807, 2.05) is 41.1 Å². The van der Waals surface area contributed by atoms with Gasteiger partial charge in [-0.1, -0.05) is 33.3 Å². The number of aromatic nitrogens is 3. The highest BCUT2D eigenvalue weighted by molar-refractivity contribution is 5.96. The molecule has 1 aromatic carbocycles. The molecule has 0 aliphatic rings. The molecule has 3 aromatic rings. The molecule has 2 heterocycles. The molecule has 6 nitrogen and oxygen atoms in total. The summed E-state index contributed by atoms with van der Waals surface area (Å²) in [6.07, 6.45) is 5.15. The van der Waals surface area contributed by atoms with Crippen molar-refractivity contribution in [3.05, 3.63) is 71.3 Å². The van der Waals surface area contributed by atoms with Gasteiger partial charge in [-0.05, 0) is 48.2 Å². The summed E-state index contributed by atoms with van der Waals surface area (Å²) < 4.78 is 7.16. The predicted molar refractivity (Wildman–Crippen MR) is 114 cm³/mol. The Kier molecular flexibility index (Phi) is 6.65. The summed E-state index contributed by atoms with van der Waals surface area (Å²) in [6, 6.07) is 11.6. The van der Waals surface area contributed by atoms with Crippen LogP contribution in [0.15, 0.2) is 48.8 Å². The molecule has 0 radical (unpaired) electrons. The van der Waals surface area contributed by atoms with Gasteiger partial charge >= 0.3 is 0 Å². The molecule has 0 bridgehead atoms. The maximum absolute atomic E-state index is 13.2. The van der Waals surface area contributed by atoms with Crippen LogP contribution in [-0.2, 0) is 13.0 Å². The molecule has 1 amide bonds. The summed E-state index contributed by atoms with van der Waals surface area (Å²) in [5.74, 6) is 0.824. The zero-order valence-corrected chi connectivity index (χ0v) is 17.5. The molecule has 0 saturated heterocycles. The van der Waals surface area contributed by atoms with Crippen LogP contribution in [0.25, 0.3) is 5.69 Å². The Balaban J connectivity index is 1.99. The van der Waals surface area contributed by atoms with E-state index in [0.29, 0.717) is 12.1 Å². The van der Waals surface area contributed by atoms with E-state index in [-0.39, 0.29) is 11.8 Å². The molecule has 0 spiro atoms. The molecular weight excluding hydrogens is 364 g/mol. The van der Waals surface area contributed by atoms with Crippen molar-refractivity contribution in [3.63, 3.8) is 0 Å². The molecule has 0 aliphatic heterocycles. The number of ether oxygens (including phenoxy) is 1. The molecule has 152 valence electrons. The zero-order valence-electron chi connectivity index (χ0n) is 17.5. The number of carbonyl (C=O) groups is 1. The standard InChI is InChI=1S/C23H28N4O2/c1-5-7-20-21(23(28)25-15-17-8-6-13-24-14-17)22(16(2)3)27(26-20)18-9-11-19(29-4)12-10-18/h6,8-14,16H,5,7,15H2,1-4H3,(H,25,28). The lowest BCUT2D eigenvalue weighted by Gasteiger charge is -2.13. The van der Waals surface area contributed by atoms with Crippen molar-refractivity contribution < 1.29 is 9.53 Å². The van der Waals surface area contributed by atoms with E-state index in [1.54, 1.807) is 19.5 Å². The van der Waals surface area contributed by atoms with Crippen molar-refractivity contribution >= 4 is 5.91 Å². The molecule has 6 heteroatoms. The van der Waals surface area contributed by atoms with Gasteiger partial charge in [-0.3, -0.25) is 9.78 Å². The molecule has 29 heavy (non-hydrogen) atoms. The van der Waals surface area contributed by atoms with Crippen molar-refractivity contribution in [2.24, 2.45) is 0 Å². The van der Waals surface area contributed by atoms with E-state index in [1.165, 1.54) is 0 Å². The second-order valence-electron chi connectivity index (χ2n) is 7.27. The summed E-state index contributed by atoms with van der Waals surface area (Å²) >= 11 is 0. The molecule has 3 rings (SSSR count). The average Bonchev–Trinajstić information content (AvgIpc) is 3.13. The Morgan fingerprint density at radius 1 is 1.21 bits per heavy atom. The second kappa shape index (κ2) is 9.37. The first-order valence-corrected chi connectivity index (χ1v) is 9.98. The molecule has 1 N–H and O–H groups in total. The number of rotatable bonds is 8. The summed E-state index contributed by atoms with van der Waals surface area (Å²) in [5, 5.41) is 7.87. The minimum absolute atomic E-state index is 0.0965. The Morgan fingerprint density at radius 2 is 1.97 bits per heavy atom. The fourth-order valence-electron chi connectivity index (χ4n) is 3.36. The fraction of sp³-hybridized carbons (Fsp3) is 0.348. The Morgan fingerprint density at radius 3 is 2.55 bits per heavy atom. The van der Waals surface area contributed by atoms with Crippen LogP contribution in [0.4, 0.5) is 0 Å². The highest BCUT2D eigenvalue weighted by atomic mass is 16.5. The van der Waals surface area contributed by atoms with Gasteiger partial charge in [0, 0.05) is 18.9 Å². The van der Waals surface area contributed by atoms with E-state index in [9.17, 15) is 4.79 Å². The van der Waals surface area contributed by atoms with Gasteiger partial charge in [-0.15, -0.1) is 0 Å². The van der Waals surface area contributed by atoms with Crippen molar-refractivity contribution in [1.29, 1.82) is 0 Å². The topological polar surface area (TPSA) is 69.0 Å². The molecule has 0 atom stereocenters. The van der Waals surface area contributed by atoms with Crippen LogP contribution >= 0.6 is 0 Å². The first-order valence-electron chi connectivity index (χ1n) is 9.98. The normalized spacial score (nSPS) is 10.9. The molecule has 0 saturated carbocycles. The lowest BCUT2D eigenvalue weighted by molar-refractivity contribution is 0.0948. The second-order valence-corrected chi connectivity index (χ2v) is 7.27. The highest BCUT2D eigenvalue weighted by Gasteiger charge is 2.25. The molecule has 0 unspecified atom stereocenters. The molecule has 0 fully saturated rings. The van der Waals surface area contributed by atoms with E-state index in [0.717, 1.165) is 41.2 Å². The number of hydrogen-bond acceptors (Lipinski definition) is 4. The summed E-state index contributed by atoms with van der Waals surface area (Å²) in [4.78, 5) is 17.3. The largest absolute Gasteiger partial charge is 0.497 e. The van der Waals surface area contributed by atoms with Gasteiger partial charge < -0.3 is 10.1 Å². The predicted octanol–water partition coefficient (Wildman–Crippen LogP) is 4.28. The Labute approximate surface area is 171 Å². The number of carbonyl (C=O) groups excluding carboxylic acids is 1. The lowest BCUT2D eigenvalue weighted by Crippen LogP contribution is -2.25. The number of aryl methyl sites for hydroxylation is 1. The average molecular weight is 393 g/mol. The van der Waals surface area contributed by atoms with Crippen LogP contribution in [0.2, 0.25) is 0 Å². The summed E-state index contributed by atoms with van der Waals surface area (Å²) in [6.45, 7) is 6.71. The Bertz CT molecular complexity index is 947. The maximum Gasteiger partial charge on any atom is 0.255 e. The minimum Gasteiger partial charge on any atom is -0.497 e. The maximum atomic E-state index is 13.2. The quantitative estimate of drug-likeness (QED) is 0.621. The van der Waals surface area contributed by atoms with E-state index >= 15 is 0 Å². The van der Waals surface area contributed by atoms with Gasteiger partial charge in [0.1, 0.15) is 5.75 Å². The highest BCUT2D eigenvalue weighted by Crippen LogP contribution is 2.28. The Hall–Kier alpha value is -3.15. The van der Waals surface area contributed by atoms with Crippen LogP contribution in [0.3, 0.4) is 0 Å². The van der Waals surface area contributed by atoms with Crippen molar-refractivity contribution in [1.82, 2.24) is 20.1 Å². The summed E-state index contributed by atoms with van der Waals surface area (Å²) in [7, 11) is 1.65. The number of methoxy groups -OCH3 is 1. The number of benzene rings is 1. The van der Waals surface area contributed by atoms with Crippen LogP contribution in [0, 0.1) is 0 Å². The lowest BCUT2D eigenvalue weighted by atomic mass is 10.0. The van der Waals surface area contributed by atoms with Crippen LogP contribution in [-0.4, -0.2) is 27.8 Å². The van der Waals surface area contributed by atoms with Gasteiger partial charge in [-0.25, -0.2) is 4.68 Å². The number of nitrogens with zero attached hydrogens (tertiary/aromatic N) is 3. The number of amides is 1. The molecular formula is C23H28N4O2. The van der Waals surface area contributed by atoms with Gasteiger partial charge in [0.25, 0.3) is 5.91 Å². The van der Waals surface area contributed by atoms with E-state index < -0.39 is 0 Å². The van der Waals surface area contributed by atoms with Crippen molar-refractivity contribution in [2.45, 2.75) is 46.1 Å². The van der Waals surface area contributed by atoms with Crippen molar-refractivity contribution in [2.75, 3.05) is 7.11 Å². The number of hydrogen-bond donors (Lipinski definition) is 1. The third kappa shape index (κ3) is 4.65. The van der Waals surface area contributed by atoms with Crippen LogP contribution in [0.5, 0.6) is 5.75 Å².